The Bertz CT molecular complexity index is 450. The first kappa shape index (κ1) is 13.0. The van der Waals surface area contributed by atoms with Gasteiger partial charge in [0.25, 0.3) is 0 Å². The molecule has 0 saturated carbocycles. The second-order valence-electron chi connectivity index (χ2n) is 5.72. The fourth-order valence-corrected chi connectivity index (χ4v) is 3.35. The van der Waals surface area contributed by atoms with Gasteiger partial charge in [-0.05, 0) is 44.3 Å². The van der Waals surface area contributed by atoms with Crippen molar-refractivity contribution in [2.24, 2.45) is 5.92 Å². The number of fused-ring (bicyclic) bond motifs is 1. The van der Waals surface area contributed by atoms with Crippen LogP contribution in [-0.4, -0.2) is 30.6 Å². The van der Waals surface area contributed by atoms with E-state index >= 15 is 0 Å². The van der Waals surface area contributed by atoms with E-state index in [0.717, 1.165) is 32.1 Å². The highest BCUT2D eigenvalue weighted by atomic mass is 19.1. The van der Waals surface area contributed by atoms with E-state index in [-0.39, 0.29) is 0 Å². The molecule has 0 aromatic heterocycles. The Hall–Kier alpha value is -1.00. The molecule has 2 aliphatic rings. The third-order valence-electron chi connectivity index (χ3n) is 4.39. The van der Waals surface area contributed by atoms with Crippen LogP contribution in [0.25, 0.3) is 0 Å². The molecule has 2 unspecified atom stereocenters. The Kier molecular flexibility index (Phi) is 3.80. The summed E-state index contributed by atoms with van der Waals surface area (Å²) in [5, 5.41) is 3.57. The van der Waals surface area contributed by atoms with Crippen molar-refractivity contribution in [3.63, 3.8) is 0 Å². The monoisotopic (exact) mass is 266 g/mol. The molecule has 0 radical (unpaired) electrons. The fraction of sp³-hybridized carbons (Fsp3) is 0.600. The maximum absolute atomic E-state index is 13.7. The Labute approximate surface area is 112 Å². The first-order chi connectivity index (χ1) is 9.22. The van der Waals surface area contributed by atoms with Crippen LogP contribution in [0.4, 0.5) is 8.78 Å². The van der Waals surface area contributed by atoms with E-state index in [4.69, 9.17) is 0 Å². The molecule has 19 heavy (non-hydrogen) atoms. The molecule has 0 bridgehead atoms. The molecule has 1 aromatic carbocycles. The predicted molar refractivity (Wildman–Crippen MR) is 70.8 cm³/mol. The molecule has 3 rings (SSSR count). The molecular formula is C15H20F2N2. The fourth-order valence-electron chi connectivity index (χ4n) is 3.35. The van der Waals surface area contributed by atoms with E-state index in [1.807, 2.05) is 0 Å². The van der Waals surface area contributed by atoms with Gasteiger partial charge in [-0.15, -0.1) is 0 Å². The summed E-state index contributed by atoms with van der Waals surface area (Å²) in [5.41, 5.74) is 0.601. The van der Waals surface area contributed by atoms with Crippen molar-refractivity contribution in [1.29, 1.82) is 0 Å². The van der Waals surface area contributed by atoms with Crippen molar-refractivity contribution < 1.29 is 8.78 Å². The number of nitrogens with zero attached hydrogens (tertiary/aromatic N) is 1. The van der Waals surface area contributed by atoms with Gasteiger partial charge in [-0.25, -0.2) is 8.78 Å². The minimum atomic E-state index is -0.503. The number of likely N-dealkylation sites (tertiary alicyclic amines) is 1. The van der Waals surface area contributed by atoms with Crippen molar-refractivity contribution in [3.05, 3.63) is 35.4 Å². The molecule has 2 saturated heterocycles. The van der Waals surface area contributed by atoms with Gasteiger partial charge in [-0.1, -0.05) is 6.07 Å². The molecular weight excluding hydrogens is 246 g/mol. The van der Waals surface area contributed by atoms with Crippen LogP contribution in [0.1, 0.15) is 24.8 Å². The number of nitrogens with one attached hydrogen (secondary N) is 1. The molecule has 1 N–H and O–H groups in total. The second-order valence-corrected chi connectivity index (χ2v) is 5.72. The normalized spacial score (nSPS) is 28.1. The van der Waals surface area contributed by atoms with Crippen LogP contribution in [0, 0.1) is 17.6 Å². The third-order valence-corrected chi connectivity index (χ3v) is 4.39. The van der Waals surface area contributed by atoms with E-state index < -0.39 is 11.6 Å². The lowest BCUT2D eigenvalue weighted by Gasteiger charge is -2.41. The van der Waals surface area contributed by atoms with Crippen molar-refractivity contribution in [2.75, 3.05) is 19.6 Å². The SMILES string of the molecule is Fc1ccc(CN2CCC3NCCCC3C2)c(F)c1. The average molecular weight is 266 g/mol. The number of hydrogen-bond donors (Lipinski definition) is 1. The smallest absolute Gasteiger partial charge is 0.130 e. The first-order valence-electron chi connectivity index (χ1n) is 7.12. The zero-order valence-electron chi connectivity index (χ0n) is 11.0. The summed E-state index contributed by atoms with van der Waals surface area (Å²) in [4.78, 5) is 2.30. The van der Waals surface area contributed by atoms with Crippen molar-refractivity contribution in [2.45, 2.75) is 31.8 Å². The summed E-state index contributed by atoms with van der Waals surface area (Å²) in [6, 6.07) is 4.52. The molecule has 0 spiro atoms. The Morgan fingerprint density at radius 2 is 2.16 bits per heavy atom. The lowest BCUT2D eigenvalue weighted by Crippen LogP contribution is -2.51. The van der Waals surface area contributed by atoms with Gasteiger partial charge in [0.05, 0.1) is 0 Å². The van der Waals surface area contributed by atoms with Crippen molar-refractivity contribution in [3.8, 4) is 0 Å². The van der Waals surface area contributed by atoms with Gasteiger partial charge >= 0.3 is 0 Å². The van der Waals surface area contributed by atoms with Crippen LogP contribution >= 0.6 is 0 Å². The molecule has 0 aliphatic carbocycles. The highest BCUT2D eigenvalue weighted by Gasteiger charge is 2.30. The Balaban J connectivity index is 1.64. The van der Waals surface area contributed by atoms with E-state index in [9.17, 15) is 8.78 Å². The molecule has 2 atom stereocenters. The lowest BCUT2D eigenvalue weighted by molar-refractivity contribution is 0.108. The van der Waals surface area contributed by atoms with Gasteiger partial charge in [0.2, 0.25) is 0 Å². The van der Waals surface area contributed by atoms with Crippen LogP contribution in [-0.2, 0) is 6.54 Å². The summed E-state index contributed by atoms with van der Waals surface area (Å²) in [6.07, 6.45) is 3.63. The zero-order valence-corrected chi connectivity index (χ0v) is 11.0. The van der Waals surface area contributed by atoms with Gasteiger partial charge in [-0.3, -0.25) is 4.90 Å². The molecule has 1 aromatic rings. The van der Waals surface area contributed by atoms with Crippen LogP contribution in [0.5, 0.6) is 0 Å². The average Bonchev–Trinajstić information content (AvgIpc) is 2.42. The highest BCUT2D eigenvalue weighted by molar-refractivity contribution is 5.18. The standard InChI is InChI=1S/C15H20F2N2/c16-13-4-3-11(14(17)8-13)9-19-7-5-15-12(10-19)2-1-6-18-15/h3-4,8,12,15,18H,1-2,5-7,9-10H2. The Morgan fingerprint density at radius 1 is 1.26 bits per heavy atom. The number of rotatable bonds is 2. The molecule has 0 amide bonds. The summed E-state index contributed by atoms with van der Waals surface area (Å²) >= 11 is 0. The van der Waals surface area contributed by atoms with E-state index in [1.54, 1.807) is 6.07 Å². The molecule has 2 fully saturated rings. The van der Waals surface area contributed by atoms with Crippen molar-refractivity contribution >= 4 is 0 Å². The summed E-state index contributed by atoms with van der Waals surface area (Å²) in [5.74, 6) is -0.244. The van der Waals surface area contributed by atoms with E-state index in [0.29, 0.717) is 24.1 Å². The number of hydrogen-bond acceptors (Lipinski definition) is 2. The minimum absolute atomic E-state index is 0.427. The van der Waals surface area contributed by atoms with Gasteiger partial charge in [0.15, 0.2) is 0 Å². The molecule has 2 heterocycles. The summed E-state index contributed by atoms with van der Waals surface area (Å²) in [6.45, 7) is 3.74. The van der Waals surface area contributed by atoms with Gasteiger partial charge in [-0.2, -0.15) is 0 Å². The molecule has 2 aliphatic heterocycles. The maximum atomic E-state index is 13.7. The zero-order chi connectivity index (χ0) is 13.2. The number of benzene rings is 1. The third kappa shape index (κ3) is 2.95. The topological polar surface area (TPSA) is 15.3 Å². The predicted octanol–water partition coefficient (Wildman–Crippen LogP) is 2.54. The maximum Gasteiger partial charge on any atom is 0.130 e. The van der Waals surface area contributed by atoms with Gasteiger partial charge < -0.3 is 5.32 Å². The van der Waals surface area contributed by atoms with Crippen LogP contribution in [0.3, 0.4) is 0 Å². The molecule has 4 heteroatoms. The van der Waals surface area contributed by atoms with Gasteiger partial charge in [0, 0.05) is 30.8 Å². The highest BCUT2D eigenvalue weighted by Crippen LogP contribution is 2.26. The summed E-state index contributed by atoms with van der Waals surface area (Å²) in [7, 11) is 0. The van der Waals surface area contributed by atoms with E-state index in [2.05, 4.69) is 10.2 Å². The van der Waals surface area contributed by atoms with Crippen LogP contribution in [0.2, 0.25) is 0 Å². The van der Waals surface area contributed by atoms with E-state index in [1.165, 1.54) is 18.9 Å². The Morgan fingerprint density at radius 3 is 3.00 bits per heavy atom. The largest absolute Gasteiger partial charge is 0.314 e. The minimum Gasteiger partial charge on any atom is -0.314 e. The van der Waals surface area contributed by atoms with Gasteiger partial charge in [0.1, 0.15) is 11.6 Å². The summed E-state index contributed by atoms with van der Waals surface area (Å²) < 4.78 is 26.5. The number of halogens is 2. The van der Waals surface area contributed by atoms with Crippen molar-refractivity contribution in [1.82, 2.24) is 10.2 Å². The lowest BCUT2D eigenvalue weighted by atomic mass is 9.85. The first-order valence-corrected chi connectivity index (χ1v) is 7.12. The van der Waals surface area contributed by atoms with Crippen LogP contribution < -0.4 is 5.32 Å². The molecule has 104 valence electrons. The quantitative estimate of drug-likeness (QED) is 0.885. The molecule has 2 nitrogen and oxygen atoms in total. The number of piperidine rings is 2. The second kappa shape index (κ2) is 5.55. The van der Waals surface area contributed by atoms with Crippen LogP contribution in [0.15, 0.2) is 18.2 Å².